The minimum absolute atomic E-state index is 0.109. The van der Waals surface area contributed by atoms with Crippen LogP contribution in [0.25, 0.3) is 0 Å². The minimum Gasteiger partial charge on any atom is -0.481 e. The molecule has 0 saturated heterocycles. The van der Waals surface area contributed by atoms with E-state index in [1.165, 1.54) is 7.05 Å². The van der Waals surface area contributed by atoms with Crippen molar-refractivity contribution in [2.75, 3.05) is 7.05 Å². The second kappa shape index (κ2) is 4.96. The molecule has 3 N–H and O–H groups in total. The lowest BCUT2D eigenvalue weighted by Gasteiger charge is -2.29. The quantitative estimate of drug-likeness (QED) is 0.628. The summed E-state index contributed by atoms with van der Waals surface area (Å²) in [4.78, 5) is 33.1. The second-order valence-corrected chi connectivity index (χ2v) is 4.09. The number of amides is 1. The smallest absolute Gasteiger partial charge is 0.306 e. The summed E-state index contributed by atoms with van der Waals surface area (Å²) >= 11 is 0. The van der Waals surface area contributed by atoms with Gasteiger partial charge >= 0.3 is 11.9 Å². The lowest BCUT2D eigenvalue weighted by molar-refractivity contribution is -0.150. The Hall–Kier alpha value is -1.59. The lowest BCUT2D eigenvalue weighted by atomic mass is 9.75. The number of carbonyl (C=O) groups excluding carboxylic acids is 1. The fourth-order valence-electron chi connectivity index (χ4n) is 2.14. The Labute approximate surface area is 92.6 Å². The van der Waals surface area contributed by atoms with Crippen LogP contribution in [0.1, 0.15) is 19.3 Å². The van der Waals surface area contributed by atoms with Gasteiger partial charge in [-0.1, -0.05) is 0 Å². The maximum Gasteiger partial charge on any atom is 0.306 e. The molecule has 0 aliphatic heterocycles. The molecule has 90 valence electrons. The number of nitrogens with one attached hydrogen (secondary N) is 1. The molecule has 2 atom stereocenters. The predicted octanol–water partition coefficient (Wildman–Crippen LogP) is -0.0659. The summed E-state index contributed by atoms with van der Waals surface area (Å²) in [6, 6.07) is 0. The fraction of sp³-hybridized carbons (Fsp3) is 0.700. The monoisotopic (exact) mass is 229 g/mol. The number of carboxylic acid groups (broad SMARTS) is 2. The van der Waals surface area contributed by atoms with E-state index in [4.69, 9.17) is 10.2 Å². The average Bonchev–Trinajstić information content (AvgIpc) is 2.27. The van der Waals surface area contributed by atoms with E-state index < -0.39 is 29.7 Å². The standard InChI is InChI=1S/C10H15NO5/c1-11-8(12)5-2-6(9(13)14)4-7(3-5)10(15)16/h5-7H,2-4H2,1H3,(H,11,12)(H,13,14)(H,15,16). The van der Waals surface area contributed by atoms with Crippen LogP contribution in [0.3, 0.4) is 0 Å². The Balaban J connectivity index is 2.78. The van der Waals surface area contributed by atoms with Crippen LogP contribution in [0.5, 0.6) is 0 Å². The van der Waals surface area contributed by atoms with Crippen LogP contribution in [-0.2, 0) is 14.4 Å². The maximum atomic E-state index is 11.4. The van der Waals surface area contributed by atoms with Crippen LogP contribution in [0.4, 0.5) is 0 Å². The Bertz CT molecular complexity index is 292. The molecule has 0 spiro atoms. The van der Waals surface area contributed by atoms with Crippen molar-refractivity contribution < 1.29 is 24.6 Å². The molecule has 0 heterocycles. The zero-order valence-electron chi connectivity index (χ0n) is 8.97. The zero-order chi connectivity index (χ0) is 12.3. The topological polar surface area (TPSA) is 104 Å². The zero-order valence-corrected chi connectivity index (χ0v) is 8.97. The SMILES string of the molecule is CNC(=O)C1CC(C(=O)O)CC(C(=O)O)C1. The molecule has 1 saturated carbocycles. The van der Waals surface area contributed by atoms with E-state index >= 15 is 0 Å². The number of hydrogen-bond donors (Lipinski definition) is 3. The van der Waals surface area contributed by atoms with Gasteiger partial charge in [-0.05, 0) is 19.3 Å². The molecule has 1 aliphatic rings. The van der Waals surface area contributed by atoms with Crippen molar-refractivity contribution >= 4 is 17.8 Å². The van der Waals surface area contributed by atoms with Crippen LogP contribution in [0, 0.1) is 17.8 Å². The highest BCUT2D eigenvalue weighted by Gasteiger charge is 2.38. The van der Waals surface area contributed by atoms with Crippen LogP contribution in [0.2, 0.25) is 0 Å². The fourth-order valence-corrected chi connectivity index (χ4v) is 2.14. The van der Waals surface area contributed by atoms with Gasteiger partial charge in [0.15, 0.2) is 0 Å². The van der Waals surface area contributed by atoms with Crippen LogP contribution >= 0.6 is 0 Å². The van der Waals surface area contributed by atoms with E-state index in [1.54, 1.807) is 0 Å². The molecule has 1 amide bonds. The van der Waals surface area contributed by atoms with Crippen molar-refractivity contribution in [2.45, 2.75) is 19.3 Å². The van der Waals surface area contributed by atoms with Gasteiger partial charge in [-0.15, -0.1) is 0 Å². The molecule has 16 heavy (non-hydrogen) atoms. The Morgan fingerprint density at radius 3 is 1.62 bits per heavy atom. The van der Waals surface area contributed by atoms with Crippen LogP contribution in [-0.4, -0.2) is 35.1 Å². The first kappa shape index (κ1) is 12.5. The van der Waals surface area contributed by atoms with Gasteiger partial charge in [0.2, 0.25) is 5.91 Å². The minimum atomic E-state index is -1.03. The number of rotatable bonds is 3. The molecule has 6 nitrogen and oxygen atoms in total. The van der Waals surface area contributed by atoms with Crippen LogP contribution in [0.15, 0.2) is 0 Å². The van der Waals surface area contributed by atoms with Gasteiger partial charge in [-0.25, -0.2) is 0 Å². The van der Waals surface area contributed by atoms with Gasteiger partial charge in [-0.2, -0.15) is 0 Å². The predicted molar refractivity (Wildman–Crippen MR) is 53.7 cm³/mol. The molecule has 0 bridgehead atoms. The first-order chi connectivity index (χ1) is 7.45. The van der Waals surface area contributed by atoms with Crippen LogP contribution < -0.4 is 5.32 Å². The summed E-state index contributed by atoms with van der Waals surface area (Å²) in [5, 5.41) is 20.2. The van der Waals surface area contributed by atoms with E-state index in [2.05, 4.69) is 5.32 Å². The van der Waals surface area contributed by atoms with E-state index in [1.807, 2.05) is 0 Å². The largest absolute Gasteiger partial charge is 0.481 e. The summed E-state index contributed by atoms with van der Waals surface area (Å²) in [6.07, 6.45) is 0.551. The molecule has 2 unspecified atom stereocenters. The molecule has 0 aromatic carbocycles. The summed E-state index contributed by atoms with van der Waals surface area (Å²) in [7, 11) is 1.46. The summed E-state index contributed by atoms with van der Waals surface area (Å²) in [5.41, 5.74) is 0. The van der Waals surface area contributed by atoms with E-state index in [0.29, 0.717) is 0 Å². The lowest BCUT2D eigenvalue weighted by Crippen LogP contribution is -2.38. The van der Waals surface area contributed by atoms with E-state index in [-0.39, 0.29) is 25.2 Å². The molecule has 1 aliphatic carbocycles. The highest BCUT2D eigenvalue weighted by Crippen LogP contribution is 2.33. The molecule has 1 rings (SSSR count). The van der Waals surface area contributed by atoms with Gasteiger partial charge in [0.05, 0.1) is 11.8 Å². The van der Waals surface area contributed by atoms with Crippen molar-refractivity contribution in [2.24, 2.45) is 17.8 Å². The Morgan fingerprint density at radius 1 is 0.938 bits per heavy atom. The average molecular weight is 229 g/mol. The number of carboxylic acids is 2. The third kappa shape index (κ3) is 2.71. The molecular formula is C10H15NO5. The van der Waals surface area contributed by atoms with Crippen molar-refractivity contribution in [3.8, 4) is 0 Å². The Kier molecular flexibility index (Phi) is 3.87. The number of aliphatic carboxylic acids is 2. The summed E-state index contributed by atoms with van der Waals surface area (Å²) in [6.45, 7) is 0. The van der Waals surface area contributed by atoms with Gasteiger partial charge in [-0.3, -0.25) is 14.4 Å². The van der Waals surface area contributed by atoms with Gasteiger partial charge < -0.3 is 15.5 Å². The molecule has 0 aromatic heterocycles. The van der Waals surface area contributed by atoms with Crippen molar-refractivity contribution in [3.05, 3.63) is 0 Å². The molecule has 6 heteroatoms. The third-order valence-electron chi connectivity index (χ3n) is 3.02. The van der Waals surface area contributed by atoms with Gasteiger partial charge in [0.1, 0.15) is 0 Å². The van der Waals surface area contributed by atoms with Crippen molar-refractivity contribution in [1.82, 2.24) is 5.32 Å². The first-order valence-corrected chi connectivity index (χ1v) is 5.13. The molecule has 0 radical (unpaired) electrons. The van der Waals surface area contributed by atoms with E-state index in [9.17, 15) is 14.4 Å². The maximum absolute atomic E-state index is 11.4. The summed E-state index contributed by atoms with van der Waals surface area (Å²) < 4.78 is 0. The summed E-state index contributed by atoms with van der Waals surface area (Å²) in [5.74, 6) is -4.33. The first-order valence-electron chi connectivity index (χ1n) is 5.13. The van der Waals surface area contributed by atoms with Crippen molar-refractivity contribution in [1.29, 1.82) is 0 Å². The molecule has 1 fully saturated rings. The normalized spacial score (nSPS) is 29.4. The highest BCUT2D eigenvalue weighted by molar-refractivity contribution is 5.81. The van der Waals surface area contributed by atoms with Crippen molar-refractivity contribution in [3.63, 3.8) is 0 Å². The van der Waals surface area contributed by atoms with Gasteiger partial charge in [0, 0.05) is 13.0 Å². The molecule has 0 aromatic rings. The van der Waals surface area contributed by atoms with Gasteiger partial charge in [0.25, 0.3) is 0 Å². The molecular weight excluding hydrogens is 214 g/mol. The Morgan fingerprint density at radius 2 is 1.31 bits per heavy atom. The third-order valence-corrected chi connectivity index (χ3v) is 3.02. The number of carbonyl (C=O) groups is 3. The second-order valence-electron chi connectivity index (χ2n) is 4.09. The highest BCUT2D eigenvalue weighted by atomic mass is 16.4. The number of hydrogen-bond acceptors (Lipinski definition) is 3. The van der Waals surface area contributed by atoms with E-state index in [0.717, 1.165) is 0 Å².